The van der Waals surface area contributed by atoms with Crippen molar-refractivity contribution in [1.82, 2.24) is 0 Å². The topological polar surface area (TPSA) is 20.2 Å². The van der Waals surface area contributed by atoms with Crippen LogP contribution in [0, 0.1) is 0 Å². The van der Waals surface area contributed by atoms with Gasteiger partial charge in [-0.05, 0) is 13.8 Å². The molecule has 5 heavy (non-hydrogen) atoms. The molecule has 0 aromatic carbocycles. The molecule has 1 nitrogen and oxygen atoms in total. The number of rotatable bonds is 0. The molecule has 0 aromatic rings. The molecule has 0 aliphatic heterocycles. The Bertz CT molecular complexity index is 11.6. The minimum atomic E-state index is -0.167. The number of hydrogen-bond acceptors (Lipinski definition) is 1. The molecule has 0 atom stereocenters. The molecular formula is C3H8OPt+2. The number of hydrogen-bond donors (Lipinski definition) is 1. The van der Waals surface area contributed by atoms with Crippen molar-refractivity contribution >= 4 is 0 Å². The minimum Gasteiger partial charge on any atom is -0.394 e. The molecule has 0 spiro atoms. The molecule has 2 heteroatoms. The third-order valence-electron chi connectivity index (χ3n) is 0. The van der Waals surface area contributed by atoms with E-state index in [1.165, 1.54) is 0 Å². The van der Waals surface area contributed by atoms with Crippen molar-refractivity contribution in [2.24, 2.45) is 0 Å². The second kappa shape index (κ2) is 4.65. The molecule has 0 saturated heterocycles. The summed E-state index contributed by atoms with van der Waals surface area (Å²) in [6, 6.07) is 0. The van der Waals surface area contributed by atoms with Crippen LogP contribution in [0.1, 0.15) is 13.8 Å². The third-order valence-corrected chi connectivity index (χ3v) is 0. The van der Waals surface area contributed by atoms with Crippen LogP contribution in [-0.4, -0.2) is 11.2 Å². The summed E-state index contributed by atoms with van der Waals surface area (Å²) < 4.78 is 0. The second-order valence-corrected chi connectivity index (χ2v) is 1.09. The summed E-state index contributed by atoms with van der Waals surface area (Å²) in [6.45, 7) is 3.44. The van der Waals surface area contributed by atoms with E-state index in [9.17, 15) is 0 Å². The Kier molecular flexibility index (Phi) is 8.52. The van der Waals surface area contributed by atoms with Crippen molar-refractivity contribution in [2.45, 2.75) is 20.0 Å². The second-order valence-electron chi connectivity index (χ2n) is 1.09. The van der Waals surface area contributed by atoms with Crippen LogP contribution in [0.2, 0.25) is 0 Å². The fraction of sp³-hybridized carbons (Fsp3) is 1.00. The van der Waals surface area contributed by atoms with Crippen molar-refractivity contribution in [1.29, 1.82) is 0 Å². The molecule has 0 aliphatic carbocycles. The fourth-order valence-electron chi connectivity index (χ4n) is 0. The van der Waals surface area contributed by atoms with Crippen LogP contribution in [-0.2, 0) is 21.1 Å². The summed E-state index contributed by atoms with van der Waals surface area (Å²) in [6.07, 6.45) is -0.167. The maximum absolute atomic E-state index is 8.06. The molecule has 0 saturated carbocycles. The Labute approximate surface area is 46.7 Å². The Morgan fingerprint density at radius 1 is 1.40 bits per heavy atom. The molecule has 0 aliphatic rings. The smallest absolute Gasteiger partial charge is 0.394 e. The first-order valence-electron chi connectivity index (χ1n) is 1.41. The van der Waals surface area contributed by atoms with E-state index < -0.39 is 0 Å². The molecule has 0 aromatic heterocycles. The van der Waals surface area contributed by atoms with Gasteiger partial charge in [-0.1, -0.05) is 0 Å². The van der Waals surface area contributed by atoms with Gasteiger partial charge in [0.05, 0.1) is 0 Å². The van der Waals surface area contributed by atoms with Crippen LogP contribution >= 0.6 is 0 Å². The van der Waals surface area contributed by atoms with Crippen LogP contribution in [0.15, 0.2) is 0 Å². The predicted octanol–water partition coefficient (Wildman–Crippen LogP) is 0.385. The van der Waals surface area contributed by atoms with Gasteiger partial charge in [-0.15, -0.1) is 0 Å². The van der Waals surface area contributed by atoms with Gasteiger partial charge in [0.2, 0.25) is 0 Å². The fourth-order valence-corrected chi connectivity index (χ4v) is 0. The average molecular weight is 255 g/mol. The van der Waals surface area contributed by atoms with Crippen LogP contribution in [0.3, 0.4) is 0 Å². The van der Waals surface area contributed by atoms with E-state index in [-0.39, 0.29) is 27.2 Å². The first-order valence-corrected chi connectivity index (χ1v) is 1.41. The van der Waals surface area contributed by atoms with E-state index in [0.717, 1.165) is 0 Å². The van der Waals surface area contributed by atoms with Crippen LogP contribution in [0.5, 0.6) is 0 Å². The maximum atomic E-state index is 8.06. The normalized spacial score (nSPS) is 7.20. The summed E-state index contributed by atoms with van der Waals surface area (Å²) in [5.74, 6) is 0. The van der Waals surface area contributed by atoms with E-state index in [4.69, 9.17) is 5.11 Å². The Hall–Kier alpha value is 0.648. The van der Waals surface area contributed by atoms with Gasteiger partial charge in [0.15, 0.2) is 0 Å². The van der Waals surface area contributed by atoms with Crippen molar-refractivity contribution in [2.75, 3.05) is 0 Å². The van der Waals surface area contributed by atoms with Crippen molar-refractivity contribution in [3.63, 3.8) is 0 Å². The number of aliphatic hydroxyl groups excluding tert-OH is 1. The average Bonchev–Trinajstić information content (AvgIpc) is 0.811. The maximum Gasteiger partial charge on any atom is 2.00 e. The van der Waals surface area contributed by atoms with E-state index in [2.05, 4.69) is 0 Å². The van der Waals surface area contributed by atoms with E-state index in [1.807, 2.05) is 0 Å². The number of aliphatic hydroxyl groups is 1. The summed E-state index contributed by atoms with van der Waals surface area (Å²) >= 11 is 0. The summed E-state index contributed by atoms with van der Waals surface area (Å²) in [4.78, 5) is 0. The van der Waals surface area contributed by atoms with Crippen LogP contribution in [0.4, 0.5) is 0 Å². The van der Waals surface area contributed by atoms with Gasteiger partial charge >= 0.3 is 21.1 Å². The van der Waals surface area contributed by atoms with Crippen molar-refractivity contribution in [3.8, 4) is 0 Å². The molecule has 0 amide bonds. The predicted molar refractivity (Wildman–Crippen MR) is 17.4 cm³/mol. The molecule has 34 valence electrons. The van der Waals surface area contributed by atoms with Crippen LogP contribution in [0.25, 0.3) is 0 Å². The monoisotopic (exact) mass is 255 g/mol. The molecule has 0 heterocycles. The zero-order valence-electron chi connectivity index (χ0n) is 3.34. The van der Waals surface area contributed by atoms with Gasteiger partial charge in [-0.25, -0.2) is 0 Å². The zero-order chi connectivity index (χ0) is 3.58. The molecule has 0 rings (SSSR count). The molecule has 0 unspecified atom stereocenters. The van der Waals surface area contributed by atoms with Crippen LogP contribution < -0.4 is 0 Å². The van der Waals surface area contributed by atoms with Crippen molar-refractivity contribution in [3.05, 3.63) is 0 Å². The Balaban J connectivity index is 0. The summed E-state index contributed by atoms with van der Waals surface area (Å²) in [7, 11) is 0. The first-order chi connectivity index (χ1) is 1.73. The van der Waals surface area contributed by atoms with Gasteiger partial charge in [0, 0.05) is 6.10 Å². The SMILES string of the molecule is CC(C)O.[Pt+2]. The van der Waals surface area contributed by atoms with Crippen molar-refractivity contribution < 1.29 is 26.2 Å². The van der Waals surface area contributed by atoms with Gasteiger partial charge in [-0.2, -0.15) is 0 Å². The largest absolute Gasteiger partial charge is 2.00 e. The minimum absolute atomic E-state index is 0. The van der Waals surface area contributed by atoms with E-state index in [1.54, 1.807) is 13.8 Å². The van der Waals surface area contributed by atoms with Gasteiger partial charge in [-0.3, -0.25) is 0 Å². The molecule has 0 radical (unpaired) electrons. The Morgan fingerprint density at radius 2 is 1.40 bits per heavy atom. The van der Waals surface area contributed by atoms with Gasteiger partial charge < -0.3 is 5.11 Å². The van der Waals surface area contributed by atoms with Gasteiger partial charge in [0.25, 0.3) is 0 Å². The summed E-state index contributed by atoms with van der Waals surface area (Å²) in [5.41, 5.74) is 0. The first kappa shape index (κ1) is 9.17. The molecule has 0 fully saturated rings. The van der Waals surface area contributed by atoms with Gasteiger partial charge in [0.1, 0.15) is 0 Å². The third kappa shape index (κ3) is 77.6. The molecule has 1 N–H and O–H groups in total. The van der Waals surface area contributed by atoms with E-state index >= 15 is 0 Å². The Morgan fingerprint density at radius 3 is 1.40 bits per heavy atom. The zero-order valence-corrected chi connectivity index (χ0v) is 5.61. The quantitative estimate of drug-likeness (QED) is 0.663. The summed E-state index contributed by atoms with van der Waals surface area (Å²) in [5, 5.41) is 8.06. The molecular weight excluding hydrogens is 247 g/mol. The standard InChI is InChI=1S/C3H8O.Pt/c1-3(2)4;/h3-4H,1-2H3;/q;+2. The molecule has 0 bridgehead atoms. The van der Waals surface area contributed by atoms with E-state index in [0.29, 0.717) is 0 Å².